The third-order valence-corrected chi connectivity index (χ3v) is 2.51. The van der Waals surface area contributed by atoms with Crippen LogP contribution in [0.4, 0.5) is 0 Å². The van der Waals surface area contributed by atoms with Crippen LogP contribution in [-0.4, -0.2) is 56.4 Å². The average Bonchev–Trinajstić information content (AvgIpc) is 2.31. The van der Waals surface area contributed by atoms with Gasteiger partial charge in [-0.15, -0.1) is 0 Å². The Labute approximate surface area is 80.7 Å². The zero-order valence-corrected chi connectivity index (χ0v) is 7.91. The first kappa shape index (κ1) is 11.4. The molecule has 1 heterocycles. The van der Waals surface area contributed by atoms with Gasteiger partial charge < -0.3 is 25.2 Å². The maximum Gasteiger partial charge on any atom is 0.338 e. The molecule has 0 aromatic rings. The standard InChI is InChI=1S/C8H14O6/c1-3(9)5-4(10)6(11)8(2,14-5)7(12)13/h3-6,9-11H,1-2H3,(H,12,13)/t3-,4?,5+,6?,8-/m0/s1. The Morgan fingerprint density at radius 2 is 2.00 bits per heavy atom. The van der Waals surface area contributed by atoms with Crippen LogP contribution >= 0.6 is 0 Å². The SMILES string of the molecule is C[C@H](O)[C@H]1O[C@](C)(C(=O)O)C(O)C1O. The molecule has 0 bridgehead atoms. The van der Waals surface area contributed by atoms with Crippen molar-refractivity contribution in [2.75, 3.05) is 0 Å². The van der Waals surface area contributed by atoms with Crippen molar-refractivity contribution in [1.29, 1.82) is 0 Å². The van der Waals surface area contributed by atoms with Crippen molar-refractivity contribution in [2.45, 2.75) is 43.9 Å². The molecule has 1 saturated heterocycles. The van der Waals surface area contributed by atoms with Gasteiger partial charge in [0.05, 0.1) is 6.10 Å². The highest BCUT2D eigenvalue weighted by Crippen LogP contribution is 2.32. The van der Waals surface area contributed by atoms with E-state index in [1.807, 2.05) is 0 Å². The van der Waals surface area contributed by atoms with E-state index in [9.17, 15) is 15.0 Å². The molecule has 5 atom stereocenters. The van der Waals surface area contributed by atoms with Crippen LogP contribution in [0.1, 0.15) is 13.8 Å². The van der Waals surface area contributed by atoms with E-state index in [4.69, 9.17) is 14.9 Å². The van der Waals surface area contributed by atoms with Crippen LogP contribution < -0.4 is 0 Å². The summed E-state index contributed by atoms with van der Waals surface area (Å²) >= 11 is 0. The molecular weight excluding hydrogens is 192 g/mol. The van der Waals surface area contributed by atoms with E-state index in [1.54, 1.807) is 0 Å². The van der Waals surface area contributed by atoms with Gasteiger partial charge in [0.25, 0.3) is 0 Å². The summed E-state index contributed by atoms with van der Waals surface area (Å²) in [5.74, 6) is -1.37. The smallest absolute Gasteiger partial charge is 0.338 e. The van der Waals surface area contributed by atoms with E-state index in [2.05, 4.69) is 0 Å². The molecule has 82 valence electrons. The van der Waals surface area contributed by atoms with Gasteiger partial charge in [-0.3, -0.25) is 0 Å². The summed E-state index contributed by atoms with van der Waals surface area (Å²) in [4.78, 5) is 10.8. The molecule has 0 radical (unpaired) electrons. The highest BCUT2D eigenvalue weighted by Gasteiger charge is 2.57. The minimum atomic E-state index is -1.86. The summed E-state index contributed by atoms with van der Waals surface area (Å²) in [6.45, 7) is 2.51. The van der Waals surface area contributed by atoms with Crippen LogP contribution in [0.25, 0.3) is 0 Å². The molecule has 0 aromatic carbocycles. The number of carboxylic acid groups (broad SMARTS) is 1. The van der Waals surface area contributed by atoms with Crippen molar-refractivity contribution in [1.82, 2.24) is 0 Å². The largest absolute Gasteiger partial charge is 0.479 e. The number of aliphatic carboxylic acids is 1. The van der Waals surface area contributed by atoms with E-state index in [1.165, 1.54) is 6.92 Å². The van der Waals surface area contributed by atoms with Crippen molar-refractivity contribution in [3.05, 3.63) is 0 Å². The lowest BCUT2D eigenvalue weighted by Crippen LogP contribution is -2.47. The molecule has 6 heteroatoms. The van der Waals surface area contributed by atoms with Gasteiger partial charge in [0.15, 0.2) is 5.60 Å². The van der Waals surface area contributed by atoms with E-state index >= 15 is 0 Å². The quantitative estimate of drug-likeness (QED) is 0.430. The maximum absolute atomic E-state index is 10.8. The van der Waals surface area contributed by atoms with Gasteiger partial charge in [0, 0.05) is 0 Å². The van der Waals surface area contributed by atoms with Crippen LogP contribution in [0, 0.1) is 0 Å². The van der Waals surface area contributed by atoms with Crippen molar-refractivity contribution in [3.63, 3.8) is 0 Å². The van der Waals surface area contributed by atoms with Crippen molar-refractivity contribution in [3.8, 4) is 0 Å². The topological polar surface area (TPSA) is 107 Å². The van der Waals surface area contributed by atoms with Gasteiger partial charge in [0.2, 0.25) is 0 Å². The molecule has 0 aliphatic carbocycles. The van der Waals surface area contributed by atoms with Crippen LogP contribution in [0.2, 0.25) is 0 Å². The number of aliphatic hydroxyl groups is 3. The molecule has 2 unspecified atom stereocenters. The second-order valence-corrected chi connectivity index (χ2v) is 3.67. The molecule has 0 saturated carbocycles. The van der Waals surface area contributed by atoms with Crippen LogP contribution in [0.3, 0.4) is 0 Å². The first-order valence-electron chi connectivity index (χ1n) is 4.26. The van der Waals surface area contributed by atoms with E-state index in [0.29, 0.717) is 0 Å². The van der Waals surface area contributed by atoms with Crippen molar-refractivity contribution >= 4 is 5.97 Å². The predicted octanol–water partition coefficient (Wildman–Crippen LogP) is -1.67. The monoisotopic (exact) mass is 206 g/mol. The van der Waals surface area contributed by atoms with E-state index in [-0.39, 0.29) is 0 Å². The van der Waals surface area contributed by atoms with E-state index < -0.39 is 36.0 Å². The summed E-state index contributed by atoms with van der Waals surface area (Å²) in [5, 5.41) is 36.8. The summed E-state index contributed by atoms with van der Waals surface area (Å²) in [5.41, 5.74) is -1.86. The lowest BCUT2D eigenvalue weighted by molar-refractivity contribution is -0.173. The Hall–Kier alpha value is -0.690. The Morgan fingerprint density at radius 1 is 1.50 bits per heavy atom. The maximum atomic E-state index is 10.8. The summed E-state index contributed by atoms with van der Waals surface area (Å²) < 4.78 is 4.95. The molecule has 1 fully saturated rings. The van der Waals surface area contributed by atoms with Gasteiger partial charge in [-0.05, 0) is 13.8 Å². The number of ether oxygens (including phenoxy) is 1. The summed E-state index contributed by atoms with van der Waals surface area (Å²) in [7, 11) is 0. The Balaban J connectivity index is 2.91. The first-order chi connectivity index (χ1) is 6.30. The zero-order chi connectivity index (χ0) is 11.1. The molecule has 0 aromatic heterocycles. The van der Waals surface area contributed by atoms with E-state index in [0.717, 1.165) is 6.92 Å². The number of hydrogen-bond donors (Lipinski definition) is 4. The molecule has 1 aliphatic heterocycles. The van der Waals surface area contributed by atoms with Gasteiger partial charge >= 0.3 is 5.97 Å². The predicted molar refractivity (Wildman–Crippen MR) is 44.6 cm³/mol. The highest BCUT2D eigenvalue weighted by atomic mass is 16.6. The number of carboxylic acids is 1. The second kappa shape index (κ2) is 3.47. The minimum absolute atomic E-state index is 1.04. The number of carbonyl (C=O) groups is 1. The minimum Gasteiger partial charge on any atom is -0.479 e. The molecule has 1 aliphatic rings. The number of rotatable bonds is 2. The first-order valence-corrected chi connectivity index (χ1v) is 4.26. The highest BCUT2D eigenvalue weighted by molar-refractivity contribution is 5.78. The fourth-order valence-corrected chi connectivity index (χ4v) is 1.49. The molecule has 0 spiro atoms. The Morgan fingerprint density at radius 3 is 2.21 bits per heavy atom. The number of hydrogen-bond acceptors (Lipinski definition) is 5. The third-order valence-electron chi connectivity index (χ3n) is 2.51. The van der Waals surface area contributed by atoms with Crippen molar-refractivity contribution in [2.24, 2.45) is 0 Å². The molecule has 0 amide bonds. The zero-order valence-electron chi connectivity index (χ0n) is 7.91. The van der Waals surface area contributed by atoms with Crippen LogP contribution in [0.15, 0.2) is 0 Å². The molecular formula is C8H14O6. The van der Waals surface area contributed by atoms with Gasteiger partial charge in [-0.2, -0.15) is 0 Å². The lowest BCUT2D eigenvalue weighted by atomic mass is 9.96. The third kappa shape index (κ3) is 1.50. The van der Waals surface area contributed by atoms with Gasteiger partial charge in [0.1, 0.15) is 18.3 Å². The van der Waals surface area contributed by atoms with Crippen molar-refractivity contribution < 1.29 is 30.0 Å². The molecule has 6 nitrogen and oxygen atoms in total. The Kier molecular flexibility index (Phi) is 2.82. The fraction of sp³-hybridized carbons (Fsp3) is 0.875. The average molecular weight is 206 g/mol. The normalized spacial score (nSPS) is 45.1. The molecule has 1 rings (SSSR count). The van der Waals surface area contributed by atoms with Crippen LogP contribution in [0.5, 0.6) is 0 Å². The van der Waals surface area contributed by atoms with Gasteiger partial charge in [-0.1, -0.05) is 0 Å². The van der Waals surface area contributed by atoms with Gasteiger partial charge in [-0.25, -0.2) is 4.79 Å². The summed E-state index contributed by atoms with van der Waals surface area (Å²) in [6, 6.07) is 0. The molecule has 4 N–H and O–H groups in total. The lowest BCUT2D eigenvalue weighted by Gasteiger charge is -2.22. The summed E-state index contributed by atoms with van der Waals surface area (Å²) in [6.07, 6.45) is -5.05. The fourth-order valence-electron chi connectivity index (χ4n) is 1.49. The second-order valence-electron chi connectivity index (χ2n) is 3.67. The molecule has 14 heavy (non-hydrogen) atoms. The Bertz CT molecular complexity index is 240. The van der Waals surface area contributed by atoms with Crippen LogP contribution in [-0.2, 0) is 9.53 Å². The number of aliphatic hydroxyl groups excluding tert-OH is 3.